The highest BCUT2D eigenvalue weighted by molar-refractivity contribution is 9.10. The van der Waals surface area contributed by atoms with Gasteiger partial charge in [-0.1, -0.05) is 70.7 Å². The van der Waals surface area contributed by atoms with Crippen LogP contribution in [0.25, 0.3) is 0 Å². The van der Waals surface area contributed by atoms with Crippen LogP contribution in [0.15, 0.2) is 112 Å². The zero-order chi connectivity index (χ0) is 53.0. The van der Waals surface area contributed by atoms with E-state index in [1.165, 1.54) is 88.4 Å². The van der Waals surface area contributed by atoms with Crippen LogP contribution in [0.4, 0.5) is 11.4 Å². The van der Waals surface area contributed by atoms with E-state index in [2.05, 4.69) is 25.9 Å². The van der Waals surface area contributed by atoms with E-state index < -0.39 is 25.8 Å². The van der Waals surface area contributed by atoms with Crippen molar-refractivity contribution in [2.45, 2.75) is 37.5 Å². The lowest BCUT2D eigenvalue weighted by Crippen LogP contribution is -2.34. The number of ketones is 1. The standard InChI is InChI=1S/C23H22Cl2N2O5S.C14H13BrCl2N2O3S.C11H15NO3/c1-14-6-5-7-20(32-4)21(14)23(28)22-19(11-16(24)12-26-22)27(13-31-3)33(29,30)17-8-9-18(25)15(2)10-17;1-9-5-11(3-4-12(9)17)23(20,21)19(8-22-2)13-6-10(16)7-18-14(13)15;1-8-6-5-7-9(14-3)10(8)11(13)12(2)15-4/h5-12H,13H2,1-4H3;3-7H,8H2,1-2H3;5-7H,1-4H3. The quantitative estimate of drug-likeness (QED) is 0.0386. The first-order valence-corrected chi connectivity index (χ1v) is 25.8. The average Bonchev–Trinajstić information content (AvgIpc) is 3.34. The molecule has 0 aliphatic heterocycles. The maximum atomic E-state index is 13.6. The van der Waals surface area contributed by atoms with Crippen LogP contribution >= 0.6 is 62.3 Å². The fourth-order valence-corrected chi connectivity index (χ4v) is 10.5. The van der Waals surface area contributed by atoms with Crippen LogP contribution in [-0.4, -0.2) is 99.6 Å². The number of aryl methyl sites for hydroxylation is 4. The van der Waals surface area contributed by atoms with Gasteiger partial charge >= 0.3 is 0 Å². The number of carbonyl (C=O) groups excluding carboxylic acids is 2. The first-order valence-electron chi connectivity index (χ1n) is 20.7. The molecule has 0 saturated heterocycles. The molecule has 0 aliphatic rings. The number of halogens is 5. The summed E-state index contributed by atoms with van der Waals surface area (Å²) in [7, 11) is 0.710. The molecule has 0 saturated carbocycles. The Bertz CT molecular complexity index is 3120. The Hall–Kier alpha value is -5.06. The van der Waals surface area contributed by atoms with E-state index in [1.54, 1.807) is 65.3 Å². The first kappa shape index (κ1) is 58.5. The second-order valence-electron chi connectivity index (χ2n) is 15.0. The first-order chi connectivity index (χ1) is 33.5. The van der Waals surface area contributed by atoms with Crippen molar-refractivity contribution in [3.05, 3.63) is 161 Å². The third-order valence-corrected chi connectivity index (χ3v) is 15.5. The average molecular weight is 1160 g/mol. The van der Waals surface area contributed by atoms with Crippen LogP contribution in [0, 0.1) is 27.7 Å². The molecule has 6 aromatic rings. The van der Waals surface area contributed by atoms with E-state index >= 15 is 0 Å². The summed E-state index contributed by atoms with van der Waals surface area (Å²) < 4.78 is 76.2. The lowest BCUT2D eigenvalue weighted by Gasteiger charge is -2.25. The Balaban J connectivity index is 0.000000250. The van der Waals surface area contributed by atoms with Gasteiger partial charge in [0.2, 0.25) is 5.78 Å². The van der Waals surface area contributed by atoms with E-state index in [4.69, 9.17) is 70.2 Å². The van der Waals surface area contributed by atoms with Gasteiger partial charge in [-0.25, -0.2) is 40.5 Å². The number of carbonyl (C=O) groups is 2. The number of hydroxylamine groups is 2. The summed E-state index contributed by atoms with van der Waals surface area (Å²) in [6, 6.07) is 22.3. The molecule has 4 aromatic carbocycles. The molecule has 71 heavy (non-hydrogen) atoms. The molecule has 0 N–H and O–H groups in total. The van der Waals surface area contributed by atoms with E-state index in [0.717, 1.165) is 14.2 Å². The van der Waals surface area contributed by atoms with Gasteiger partial charge in [0.15, 0.2) is 0 Å². The van der Waals surface area contributed by atoms with Crippen molar-refractivity contribution in [1.29, 1.82) is 0 Å². The number of rotatable bonds is 16. The van der Waals surface area contributed by atoms with Crippen molar-refractivity contribution in [2.75, 3.05) is 64.7 Å². The molecule has 0 atom stereocenters. The maximum absolute atomic E-state index is 13.6. The summed E-state index contributed by atoms with van der Waals surface area (Å²) in [5, 5.41) is 2.56. The predicted octanol–water partition coefficient (Wildman–Crippen LogP) is 10.9. The monoisotopic (exact) mass is 1160 g/mol. The molecule has 16 nitrogen and oxygen atoms in total. The molecule has 6 rings (SSSR count). The largest absolute Gasteiger partial charge is 0.496 e. The molecule has 0 unspecified atom stereocenters. The van der Waals surface area contributed by atoms with E-state index in [0.29, 0.717) is 53.4 Å². The molecule has 0 radical (unpaired) electrons. The van der Waals surface area contributed by atoms with E-state index in [9.17, 15) is 26.4 Å². The van der Waals surface area contributed by atoms with Gasteiger partial charge in [-0.3, -0.25) is 14.4 Å². The zero-order valence-corrected chi connectivity index (χ0v) is 46.3. The summed E-state index contributed by atoms with van der Waals surface area (Å²) in [5.41, 5.74) is 3.71. The lowest BCUT2D eigenvalue weighted by molar-refractivity contribution is -0.0758. The van der Waals surface area contributed by atoms with Crippen LogP contribution in [0.3, 0.4) is 0 Å². The fraction of sp³-hybridized carbons (Fsp3) is 0.250. The Morgan fingerprint density at radius 2 is 1.03 bits per heavy atom. The molecule has 0 aliphatic carbocycles. The molecular formula is C48H50BrCl4N5O11S2. The second-order valence-corrected chi connectivity index (χ2v) is 21.1. The van der Waals surface area contributed by atoms with Crippen molar-refractivity contribution >= 4 is 105 Å². The summed E-state index contributed by atoms with van der Waals surface area (Å²) >= 11 is 27.4. The highest BCUT2D eigenvalue weighted by Gasteiger charge is 2.32. The van der Waals surface area contributed by atoms with Crippen LogP contribution in [0.1, 0.15) is 48.7 Å². The third kappa shape index (κ3) is 14.1. The van der Waals surface area contributed by atoms with E-state index in [-0.39, 0.29) is 56.8 Å². The number of nitrogens with zero attached hydrogens (tertiary/aromatic N) is 5. The molecule has 2 heterocycles. The Kier molecular flexibility index (Phi) is 21.5. The molecular weight excluding hydrogens is 1110 g/mol. The Labute approximate surface area is 442 Å². The maximum Gasteiger partial charge on any atom is 0.281 e. The van der Waals surface area contributed by atoms with Crippen molar-refractivity contribution in [3.8, 4) is 11.5 Å². The fourth-order valence-electron chi connectivity index (χ4n) is 6.51. The summed E-state index contributed by atoms with van der Waals surface area (Å²) in [6.45, 7) is 6.48. The second kappa shape index (κ2) is 26.1. The van der Waals surface area contributed by atoms with Gasteiger partial charge in [-0.05, 0) is 127 Å². The zero-order valence-electron chi connectivity index (χ0n) is 40.1. The molecule has 2 aromatic heterocycles. The molecule has 0 bridgehead atoms. The van der Waals surface area contributed by atoms with Gasteiger partial charge in [0.1, 0.15) is 35.3 Å². The van der Waals surface area contributed by atoms with Gasteiger partial charge in [-0.15, -0.1) is 0 Å². The number of methoxy groups -OCH3 is 4. The summed E-state index contributed by atoms with van der Waals surface area (Å²) in [5.74, 6) is 0.175. The SMILES string of the molecule is COCN(c1cc(Cl)cnc1Br)S(=O)(=O)c1ccc(Cl)c(C)c1.COCN(c1cc(Cl)cnc1C(=O)c1c(C)cccc1OC)S(=O)(=O)c1ccc(Cl)c(C)c1.COc1cccc(C)c1C(=O)N(C)OC. The van der Waals surface area contributed by atoms with Crippen molar-refractivity contribution < 1.29 is 50.2 Å². The smallest absolute Gasteiger partial charge is 0.281 e. The number of ether oxygens (including phenoxy) is 4. The third-order valence-electron chi connectivity index (χ3n) is 10.2. The molecule has 23 heteroatoms. The number of sulfonamides is 2. The van der Waals surface area contributed by atoms with Gasteiger partial charge in [0.25, 0.3) is 26.0 Å². The minimum absolute atomic E-state index is 0.0201. The Morgan fingerprint density at radius 3 is 1.48 bits per heavy atom. The summed E-state index contributed by atoms with van der Waals surface area (Å²) in [4.78, 5) is 38.6. The number of amides is 1. The van der Waals surface area contributed by atoms with Crippen LogP contribution in [0.5, 0.6) is 11.5 Å². The number of hydrogen-bond donors (Lipinski definition) is 0. The van der Waals surface area contributed by atoms with Gasteiger partial charge in [0.05, 0.1) is 63.7 Å². The molecule has 0 spiro atoms. The molecule has 380 valence electrons. The molecule has 0 fully saturated rings. The highest BCUT2D eigenvalue weighted by Crippen LogP contribution is 2.35. The minimum Gasteiger partial charge on any atom is -0.496 e. The van der Waals surface area contributed by atoms with Crippen molar-refractivity contribution in [3.63, 3.8) is 0 Å². The number of benzene rings is 4. The summed E-state index contributed by atoms with van der Waals surface area (Å²) in [6.07, 6.45) is 2.70. The van der Waals surface area contributed by atoms with Crippen LogP contribution in [-0.2, 0) is 34.4 Å². The minimum atomic E-state index is -4.17. The molecule has 1 amide bonds. The number of aromatic nitrogens is 2. The Morgan fingerprint density at radius 1 is 0.592 bits per heavy atom. The van der Waals surface area contributed by atoms with Gasteiger partial charge in [-0.2, -0.15) is 0 Å². The normalized spacial score (nSPS) is 11.1. The van der Waals surface area contributed by atoms with E-state index in [1.807, 2.05) is 19.1 Å². The van der Waals surface area contributed by atoms with Crippen LogP contribution < -0.4 is 18.1 Å². The highest BCUT2D eigenvalue weighted by atomic mass is 79.9. The topological polar surface area (TPSA) is 184 Å². The predicted molar refractivity (Wildman–Crippen MR) is 280 cm³/mol. The van der Waals surface area contributed by atoms with Gasteiger partial charge in [0, 0.05) is 43.7 Å². The van der Waals surface area contributed by atoms with Crippen molar-refractivity contribution in [2.24, 2.45) is 0 Å². The lowest BCUT2D eigenvalue weighted by atomic mass is 10.00. The van der Waals surface area contributed by atoms with Crippen molar-refractivity contribution in [1.82, 2.24) is 15.0 Å². The number of pyridine rings is 2. The van der Waals surface area contributed by atoms with Gasteiger partial charge < -0.3 is 18.9 Å². The van der Waals surface area contributed by atoms with Crippen LogP contribution in [0.2, 0.25) is 20.1 Å². The number of anilines is 2. The number of hydrogen-bond acceptors (Lipinski definition) is 13.